The van der Waals surface area contributed by atoms with Crippen molar-refractivity contribution in [3.05, 3.63) is 33.8 Å². The molecule has 4 heteroatoms. The number of ketones is 1. The van der Waals surface area contributed by atoms with Crippen molar-refractivity contribution in [2.24, 2.45) is 0 Å². The van der Waals surface area contributed by atoms with Gasteiger partial charge in [0.2, 0.25) is 0 Å². The van der Waals surface area contributed by atoms with Gasteiger partial charge in [-0.15, -0.1) is 0 Å². The van der Waals surface area contributed by atoms with Gasteiger partial charge in [0.1, 0.15) is 6.67 Å². The fraction of sp³-hybridized carbons (Fsp3) is 0.300. The molecule has 76 valence electrons. The zero-order valence-electron chi connectivity index (χ0n) is 7.56. The van der Waals surface area contributed by atoms with Gasteiger partial charge < -0.3 is 0 Å². The van der Waals surface area contributed by atoms with Gasteiger partial charge in [0.25, 0.3) is 0 Å². The van der Waals surface area contributed by atoms with E-state index >= 15 is 0 Å². The Morgan fingerprint density at radius 1 is 1.50 bits per heavy atom. The van der Waals surface area contributed by atoms with E-state index < -0.39 is 6.67 Å². The SMILES string of the molecule is CC(Br)C(=O)c1cc(Br)cc(CF)c1. The van der Waals surface area contributed by atoms with Crippen LogP contribution in [0, 0.1) is 0 Å². The molecule has 0 radical (unpaired) electrons. The fourth-order valence-corrected chi connectivity index (χ4v) is 1.90. The highest BCUT2D eigenvalue weighted by Gasteiger charge is 2.13. The van der Waals surface area contributed by atoms with Crippen LogP contribution in [-0.4, -0.2) is 10.6 Å². The predicted molar refractivity (Wildman–Crippen MR) is 61.7 cm³/mol. The smallest absolute Gasteiger partial charge is 0.176 e. The number of carbonyl (C=O) groups excluding carboxylic acids is 1. The summed E-state index contributed by atoms with van der Waals surface area (Å²) < 4.78 is 13.1. The summed E-state index contributed by atoms with van der Waals surface area (Å²) in [5.41, 5.74) is 1.03. The minimum atomic E-state index is -0.559. The summed E-state index contributed by atoms with van der Waals surface area (Å²) in [5.74, 6) is -0.0407. The van der Waals surface area contributed by atoms with Crippen LogP contribution in [0.5, 0.6) is 0 Å². The minimum Gasteiger partial charge on any atom is -0.293 e. The number of benzene rings is 1. The standard InChI is InChI=1S/C10H9Br2FO/c1-6(11)10(14)8-2-7(5-13)3-9(12)4-8/h2-4,6H,5H2,1H3. The molecule has 0 heterocycles. The quantitative estimate of drug-likeness (QED) is 0.609. The Bertz CT molecular complexity index is 350. The van der Waals surface area contributed by atoms with E-state index in [1.165, 1.54) is 0 Å². The van der Waals surface area contributed by atoms with Crippen molar-refractivity contribution >= 4 is 37.6 Å². The molecule has 1 rings (SSSR count). The lowest BCUT2D eigenvalue weighted by Crippen LogP contribution is -2.10. The molecule has 1 unspecified atom stereocenters. The Morgan fingerprint density at radius 3 is 2.64 bits per heavy atom. The molecule has 0 amide bonds. The Labute approximate surface area is 99.0 Å². The molecule has 1 nitrogen and oxygen atoms in total. The Hall–Kier alpha value is -0.220. The summed E-state index contributed by atoms with van der Waals surface area (Å²) in [6.45, 7) is 1.19. The number of carbonyl (C=O) groups is 1. The van der Waals surface area contributed by atoms with E-state index in [9.17, 15) is 9.18 Å². The van der Waals surface area contributed by atoms with Crippen molar-refractivity contribution in [2.75, 3.05) is 0 Å². The zero-order valence-corrected chi connectivity index (χ0v) is 10.7. The number of Topliss-reactive ketones (excluding diaryl/α,β-unsaturated/α-hetero) is 1. The van der Waals surface area contributed by atoms with E-state index in [-0.39, 0.29) is 10.6 Å². The maximum atomic E-state index is 12.4. The van der Waals surface area contributed by atoms with Gasteiger partial charge in [-0.05, 0) is 30.7 Å². The average molecular weight is 324 g/mol. The van der Waals surface area contributed by atoms with Crippen molar-refractivity contribution in [3.8, 4) is 0 Å². The van der Waals surface area contributed by atoms with Gasteiger partial charge in [-0.2, -0.15) is 0 Å². The molecule has 0 N–H and O–H groups in total. The van der Waals surface area contributed by atoms with Crippen LogP contribution in [0.1, 0.15) is 22.8 Å². The third-order valence-corrected chi connectivity index (χ3v) is 2.63. The van der Waals surface area contributed by atoms with Crippen molar-refractivity contribution in [1.29, 1.82) is 0 Å². The lowest BCUT2D eigenvalue weighted by atomic mass is 10.1. The third kappa shape index (κ3) is 2.89. The summed E-state index contributed by atoms with van der Waals surface area (Å²) >= 11 is 6.43. The van der Waals surface area contributed by atoms with Crippen LogP contribution >= 0.6 is 31.9 Å². The first kappa shape index (κ1) is 11.9. The second kappa shape index (κ2) is 5.03. The second-order valence-corrected chi connectivity index (χ2v) is 5.25. The van der Waals surface area contributed by atoms with Crippen LogP contribution in [0.3, 0.4) is 0 Å². The van der Waals surface area contributed by atoms with Crippen LogP contribution in [-0.2, 0) is 6.67 Å². The second-order valence-electron chi connectivity index (χ2n) is 2.96. The lowest BCUT2D eigenvalue weighted by molar-refractivity contribution is 0.0995. The van der Waals surface area contributed by atoms with Crippen molar-refractivity contribution in [3.63, 3.8) is 0 Å². The molecule has 0 aliphatic heterocycles. The van der Waals surface area contributed by atoms with Gasteiger partial charge in [0.15, 0.2) is 5.78 Å². The van der Waals surface area contributed by atoms with E-state index in [0.717, 1.165) is 4.47 Å². The topological polar surface area (TPSA) is 17.1 Å². The molecule has 0 saturated carbocycles. The van der Waals surface area contributed by atoms with Crippen LogP contribution in [0.2, 0.25) is 0 Å². The molecular formula is C10H9Br2FO. The van der Waals surface area contributed by atoms with Crippen LogP contribution in [0.4, 0.5) is 4.39 Å². The monoisotopic (exact) mass is 322 g/mol. The number of alkyl halides is 2. The zero-order chi connectivity index (χ0) is 10.7. The van der Waals surface area contributed by atoms with Gasteiger partial charge in [0, 0.05) is 10.0 Å². The van der Waals surface area contributed by atoms with Gasteiger partial charge >= 0.3 is 0 Å². The molecule has 14 heavy (non-hydrogen) atoms. The predicted octanol–water partition coefficient (Wildman–Crippen LogP) is 3.88. The van der Waals surface area contributed by atoms with E-state index in [1.807, 2.05) is 0 Å². The average Bonchev–Trinajstić information content (AvgIpc) is 2.15. The summed E-state index contributed by atoms with van der Waals surface area (Å²) in [4.78, 5) is 11.3. The van der Waals surface area contributed by atoms with Gasteiger partial charge in [-0.3, -0.25) is 4.79 Å². The van der Waals surface area contributed by atoms with Gasteiger partial charge in [-0.1, -0.05) is 31.9 Å². The van der Waals surface area contributed by atoms with Gasteiger partial charge in [-0.25, -0.2) is 4.39 Å². The number of rotatable bonds is 3. The summed E-state index contributed by atoms with van der Waals surface area (Å²) in [6.07, 6.45) is 0. The Balaban J connectivity index is 3.09. The molecule has 0 aromatic heterocycles. The molecule has 0 spiro atoms. The highest BCUT2D eigenvalue weighted by Crippen LogP contribution is 2.19. The molecule has 0 saturated heterocycles. The molecule has 1 atom stereocenters. The minimum absolute atomic E-state index is 0.0407. The summed E-state index contributed by atoms with van der Waals surface area (Å²) in [6, 6.07) is 4.93. The maximum absolute atomic E-state index is 12.4. The first-order valence-electron chi connectivity index (χ1n) is 4.08. The molecular weight excluding hydrogens is 315 g/mol. The van der Waals surface area contributed by atoms with Crippen molar-refractivity contribution in [2.45, 2.75) is 18.4 Å². The molecule has 1 aromatic rings. The fourth-order valence-electron chi connectivity index (χ4n) is 1.10. The number of hydrogen-bond donors (Lipinski definition) is 0. The molecule has 1 aromatic carbocycles. The molecule has 0 bridgehead atoms. The van der Waals surface area contributed by atoms with E-state index in [2.05, 4.69) is 31.9 Å². The summed E-state index contributed by atoms with van der Waals surface area (Å²) in [7, 11) is 0. The highest BCUT2D eigenvalue weighted by atomic mass is 79.9. The highest BCUT2D eigenvalue weighted by molar-refractivity contribution is 9.10. The largest absolute Gasteiger partial charge is 0.293 e. The Morgan fingerprint density at radius 2 is 2.14 bits per heavy atom. The lowest BCUT2D eigenvalue weighted by Gasteiger charge is -2.05. The van der Waals surface area contributed by atoms with Gasteiger partial charge in [0.05, 0.1) is 4.83 Å². The van der Waals surface area contributed by atoms with Crippen LogP contribution in [0.15, 0.2) is 22.7 Å². The molecule has 0 aliphatic carbocycles. The third-order valence-electron chi connectivity index (χ3n) is 1.76. The number of hydrogen-bond acceptors (Lipinski definition) is 1. The first-order valence-corrected chi connectivity index (χ1v) is 5.79. The molecule has 0 aliphatic rings. The maximum Gasteiger partial charge on any atom is 0.176 e. The van der Waals surface area contributed by atoms with Crippen LogP contribution in [0.25, 0.3) is 0 Å². The first-order chi connectivity index (χ1) is 6.54. The van der Waals surface area contributed by atoms with E-state index in [1.54, 1.807) is 25.1 Å². The van der Waals surface area contributed by atoms with Crippen molar-refractivity contribution < 1.29 is 9.18 Å². The van der Waals surface area contributed by atoms with Crippen molar-refractivity contribution in [1.82, 2.24) is 0 Å². The normalized spacial score (nSPS) is 12.6. The van der Waals surface area contributed by atoms with E-state index in [0.29, 0.717) is 11.1 Å². The van der Waals surface area contributed by atoms with E-state index in [4.69, 9.17) is 0 Å². The summed E-state index contributed by atoms with van der Waals surface area (Å²) in [5, 5.41) is 0. The molecule has 0 fully saturated rings. The Kier molecular flexibility index (Phi) is 4.26. The number of halogens is 3. The van der Waals surface area contributed by atoms with Crippen LogP contribution < -0.4 is 0 Å².